The lowest BCUT2D eigenvalue weighted by Gasteiger charge is -2.37. The second-order valence-electron chi connectivity index (χ2n) is 7.35. The van der Waals surface area contributed by atoms with Crippen molar-refractivity contribution in [1.82, 2.24) is 4.90 Å². The zero-order valence-electron chi connectivity index (χ0n) is 16.3. The molecule has 27 heavy (non-hydrogen) atoms. The van der Waals surface area contributed by atoms with Gasteiger partial charge in [0.05, 0.1) is 5.41 Å². The zero-order valence-corrected chi connectivity index (χ0v) is 16.3. The number of nitrogens with zero attached hydrogens (tertiary/aromatic N) is 1. The molecule has 138 valence electrons. The van der Waals surface area contributed by atoms with Gasteiger partial charge in [0.15, 0.2) is 5.78 Å². The molecule has 2 nitrogen and oxygen atoms in total. The van der Waals surface area contributed by atoms with E-state index in [2.05, 4.69) is 50.2 Å². The largest absolute Gasteiger partial charge is 0.307 e. The van der Waals surface area contributed by atoms with Gasteiger partial charge in [-0.2, -0.15) is 0 Å². The van der Waals surface area contributed by atoms with Crippen molar-refractivity contribution in [3.05, 3.63) is 108 Å². The summed E-state index contributed by atoms with van der Waals surface area (Å²) >= 11 is 0. The van der Waals surface area contributed by atoms with E-state index in [4.69, 9.17) is 0 Å². The first kappa shape index (κ1) is 19.1. The molecule has 0 saturated carbocycles. The molecule has 0 aliphatic carbocycles. The van der Waals surface area contributed by atoms with Crippen molar-refractivity contribution in [2.24, 2.45) is 0 Å². The number of hydrogen-bond donors (Lipinski definition) is 0. The quantitative estimate of drug-likeness (QED) is 0.542. The maximum atomic E-state index is 14.0. The Morgan fingerprint density at radius 2 is 1.19 bits per heavy atom. The fourth-order valence-electron chi connectivity index (χ4n) is 3.66. The summed E-state index contributed by atoms with van der Waals surface area (Å²) in [6, 6.07) is 30.3. The summed E-state index contributed by atoms with van der Waals surface area (Å²) < 4.78 is 0. The Balaban J connectivity index is 2.26. The van der Waals surface area contributed by atoms with Crippen LogP contribution in [0.3, 0.4) is 0 Å². The zero-order chi connectivity index (χ0) is 19.3. The molecule has 0 unspecified atom stereocenters. The second-order valence-corrected chi connectivity index (χ2v) is 7.35. The highest BCUT2D eigenvalue weighted by molar-refractivity contribution is 6.06. The van der Waals surface area contributed by atoms with Crippen LogP contribution in [0.15, 0.2) is 91.0 Å². The Morgan fingerprint density at radius 1 is 0.778 bits per heavy atom. The smallest absolute Gasteiger partial charge is 0.177 e. The van der Waals surface area contributed by atoms with E-state index in [9.17, 15) is 4.79 Å². The van der Waals surface area contributed by atoms with Gasteiger partial charge in [0, 0.05) is 11.6 Å². The molecule has 0 aliphatic rings. The lowest BCUT2D eigenvalue weighted by molar-refractivity contribution is 0.0882. The maximum absolute atomic E-state index is 14.0. The summed E-state index contributed by atoms with van der Waals surface area (Å²) in [5, 5.41) is 0. The summed E-state index contributed by atoms with van der Waals surface area (Å²) in [4.78, 5) is 16.2. The molecule has 3 aromatic rings. The molecule has 3 rings (SSSR count). The molecular weight excluding hydrogens is 330 g/mol. The van der Waals surface area contributed by atoms with Crippen LogP contribution < -0.4 is 0 Å². The summed E-state index contributed by atoms with van der Waals surface area (Å²) in [5.74, 6) is 0.147. The fraction of sp³-hybridized carbons (Fsp3) is 0.240. The lowest BCUT2D eigenvalue weighted by Crippen LogP contribution is -2.43. The highest BCUT2D eigenvalue weighted by atomic mass is 16.1. The van der Waals surface area contributed by atoms with Gasteiger partial charge in [-0.3, -0.25) is 4.79 Å². The molecule has 0 saturated heterocycles. The summed E-state index contributed by atoms with van der Waals surface area (Å²) in [6.45, 7) is 2.18. The molecule has 1 atom stereocenters. The van der Waals surface area contributed by atoms with E-state index in [1.54, 1.807) is 0 Å². The third-order valence-electron chi connectivity index (χ3n) is 5.44. The molecule has 0 bridgehead atoms. The molecule has 2 heteroatoms. The molecule has 0 fully saturated rings. The highest BCUT2D eigenvalue weighted by Gasteiger charge is 2.43. The van der Waals surface area contributed by atoms with Crippen LogP contribution in [0.2, 0.25) is 0 Å². The third kappa shape index (κ3) is 3.86. The van der Waals surface area contributed by atoms with E-state index in [1.807, 2.05) is 66.7 Å². The van der Waals surface area contributed by atoms with Crippen LogP contribution in [0.4, 0.5) is 0 Å². The Morgan fingerprint density at radius 3 is 1.59 bits per heavy atom. The molecule has 0 radical (unpaired) electrons. The van der Waals surface area contributed by atoms with Crippen LogP contribution >= 0.6 is 0 Å². The molecule has 0 N–H and O–H groups in total. The average molecular weight is 357 g/mol. The van der Waals surface area contributed by atoms with Crippen LogP contribution in [-0.2, 0) is 5.41 Å². The molecule has 0 heterocycles. The van der Waals surface area contributed by atoms with Crippen molar-refractivity contribution in [2.45, 2.75) is 24.8 Å². The number of hydrogen-bond acceptors (Lipinski definition) is 2. The summed E-state index contributed by atoms with van der Waals surface area (Å²) in [7, 11) is 4.14. The Labute approximate surface area is 162 Å². The van der Waals surface area contributed by atoms with E-state index >= 15 is 0 Å². The van der Waals surface area contributed by atoms with E-state index in [0.717, 1.165) is 16.7 Å². The van der Waals surface area contributed by atoms with Gasteiger partial charge in [0.1, 0.15) is 0 Å². The molecular formula is C25H27NO. The molecule has 0 aliphatic heterocycles. The van der Waals surface area contributed by atoms with Crippen molar-refractivity contribution in [1.29, 1.82) is 0 Å². The Bertz CT molecular complexity index is 817. The minimum absolute atomic E-state index is 0.147. The van der Waals surface area contributed by atoms with Gasteiger partial charge in [-0.25, -0.2) is 0 Å². The van der Waals surface area contributed by atoms with Crippen LogP contribution in [0.1, 0.15) is 34.8 Å². The minimum atomic E-state index is -0.729. The van der Waals surface area contributed by atoms with Gasteiger partial charge in [-0.1, -0.05) is 91.0 Å². The van der Waals surface area contributed by atoms with E-state index in [1.165, 1.54) is 0 Å². The van der Waals surface area contributed by atoms with Crippen LogP contribution in [0, 0.1) is 0 Å². The maximum Gasteiger partial charge on any atom is 0.177 e. The Hall–Kier alpha value is -2.71. The van der Waals surface area contributed by atoms with E-state index in [0.29, 0.717) is 6.42 Å². The topological polar surface area (TPSA) is 20.3 Å². The molecule has 0 amide bonds. The summed E-state index contributed by atoms with van der Waals surface area (Å²) in [5.41, 5.74) is 2.10. The molecule has 0 aromatic heterocycles. The molecule has 0 spiro atoms. The van der Waals surface area contributed by atoms with E-state index < -0.39 is 5.41 Å². The number of carbonyl (C=O) groups excluding carboxylic acids is 1. The SMILES string of the molecule is C[C@@H](CC(C(=O)c1ccccc1)(c1ccccc1)c1ccccc1)N(C)C. The van der Waals surface area contributed by atoms with Gasteiger partial charge < -0.3 is 4.90 Å². The van der Waals surface area contributed by atoms with Crippen molar-refractivity contribution >= 4 is 5.78 Å². The van der Waals surface area contributed by atoms with Crippen LogP contribution in [0.5, 0.6) is 0 Å². The number of rotatable bonds is 7. The van der Waals surface area contributed by atoms with Gasteiger partial charge in [0.25, 0.3) is 0 Å². The third-order valence-corrected chi connectivity index (χ3v) is 5.44. The second kappa shape index (κ2) is 8.32. The van der Waals surface area contributed by atoms with Crippen LogP contribution in [-0.4, -0.2) is 30.8 Å². The molecule has 3 aromatic carbocycles. The monoisotopic (exact) mass is 357 g/mol. The van der Waals surface area contributed by atoms with Gasteiger partial charge >= 0.3 is 0 Å². The lowest BCUT2D eigenvalue weighted by atomic mass is 9.66. The number of Topliss-reactive ketones (excluding diaryl/α,β-unsaturated/α-hetero) is 1. The van der Waals surface area contributed by atoms with Gasteiger partial charge in [0.2, 0.25) is 0 Å². The number of ketones is 1. The predicted molar refractivity (Wildman–Crippen MR) is 112 cm³/mol. The number of benzene rings is 3. The average Bonchev–Trinajstić information content (AvgIpc) is 2.73. The fourth-order valence-corrected chi connectivity index (χ4v) is 3.66. The highest BCUT2D eigenvalue weighted by Crippen LogP contribution is 2.40. The number of carbonyl (C=O) groups is 1. The predicted octanol–water partition coefficient (Wildman–Crippen LogP) is 5.20. The van der Waals surface area contributed by atoms with Crippen molar-refractivity contribution in [2.75, 3.05) is 14.1 Å². The first-order chi connectivity index (χ1) is 13.1. The minimum Gasteiger partial charge on any atom is -0.307 e. The first-order valence-electron chi connectivity index (χ1n) is 9.43. The van der Waals surface area contributed by atoms with E-state index in [-0.39, 0.29) is 11.8 Å². The first-order valence-corrected chi connectivity index (χ1v) is 9.43. The van der Waals surface area contributed by atoms with Gasteiger partial charge in [-0.15, -0.1) is 0 Å². The summed E-state index contributed by atoms with van der Waals surface area (Å²) in [6.07, 6.45) is 0.710. The Kier molecular flexibility index (Phi) is 5.88. The standard InChI is InChI=1S/C25H27NO/c1-20(26(2)3)19-25(22-15-9-5-10-16-22,23-17-11-6-12-18-23)24(27)21-13-7-4-8-14-21/h4-18,20H,19H2,1-3H3/t20-/m0/s1. The van der Waals surface area contributed by atoms with Crippen LogP contribution in [0.25, 0.3) is 0 Å². The van der Waals surface area contributed by atoms with Gasteiger partial charge in [-0.05, 0) is 38.6 Å². The van der Waals surface area contributed by atoms with Crippen molar-refractivity contribution < 1.29 is 4.79 Å². The normalized spacial score (nSPS) is 12.7. The van der Waals surface area contributed by atoms with Crippen molar-refractivity contribution in [3.63, 3.8) is 0 Å². The van der Waals surface area contributed by atoms with Crippen molar-refractivity contribution in [3.8, 4) is 0 Å².